The highest BCUT2D eigenvalue weighted by molar-refractivity contribution is 5.51. The zero-order valence-electron chi connectivity index (χ0n) is 12.7. The summed E-state index contributed by atoms with van der Waals surface area (Å²) in [5, 5.41) is 0. The zero-order chi connectivity index (χ0) is 14.9. The number of piperazine rings is 1. The van der Waals surface area contributed by atoms with Gasteiger partial charge in [-0.25, -0.2) is 4.98 Å². The van der Waals surface area contributed by atoms with Gasteiger partial charge in [-0.3, -0.25) is 4.90 Å². The maximum absolute atomic E-state index is 5.71. The van der Waals surface area contributed by atoms with E-state index >= 15 is 0 Å². The lowest BCUT2D eigenvalue weighted by Crippen LogP contribution is -2.53. The van der Waals surface area contributed by atoms with Crippen LogP contribution < -0.4 is 10.6 Å². The molecule has 2 fully saturated rings. The van der Waals surface area contributed by atoms with E-state index in [1.54, 1.807) is 0 Å². The van der Waals surface area contributed by atoms with Gasteiger partial charge in [-0.15, -0.1) is 0 Å². The van der Waals surface area contributed by atoms with E-state index in [2.05, 4.69) is 51.2 Å². The third-order valence-electron chi connectivity index (χ3n) is 4.88. The minimum Gasteiger partial charge on any atom is -0.384 e. The van der Waals surface area contributed by atoms with Crippen molar-refractivity contribution in [2.75, 3.05) is 23.7 Å². The monoisotopic (exact) mass is 294 g/mol. The first-order valence-corrected chi connectivity index (χ1v) is 8.06. The molecule has 1 aromatic carbocycles. The summed E-state index contributed by atoms with van der Waals surface area (Å²) >= 11 is 0. The van der Waals surface area contributed by atoms with Crippen molar-refractivity contribution in [2.45, 2.75) is 31.5 Å². The number of anilines is 2. The van der Waals surface area contributed by atoms with Crippen LogP contribution in [0.1, 0.15) is 18.4 Å². The van der Waals surface area contributed by atoms with Gasteiger partial charge in [0.1, 0.15) is 5.82 Å². The molecule has 4 nitrogen and oxygen atoms in total. The molecule has 3 heterocycles. The highest BCUT2D eigenvalue weighted by Crippen LogP contribution is 2.35. The second-order valence-corrected chi connectivity index (χ2v) is 6.41. The topological polar surface area (TPSA) is 45.4 Å². The maximum Gasteiger partial charge on any atom is 0.123 e. The summed E-state index contributed by atoms with van der Waals surface area (Å²) in [6.45, 7) is 3.33. The van der Waals surface area contributed by atoms with Crippen LogP contribution in [0.15, 0.2) is 48.7 Å². The van der Waals surface area contributed by atoms with E-state index in [4.69, 9.17) is 5.73 Å². The number of nitrogen functional groups attached to an aromatic ring is 1. The van der Waals surface area contributed by atoms with Crippen LogP contribution in [0.3, 0.4) is 0 Å². The Bertz CT molecular complexity index is 611. The number of likely N-dealkylation sites (tertiary alicyclic amines) is 1. The fraction of sp³-hybridized carbons (Fsp3) is 0.389. The van der Waals surface area contributed by atoms with Gasteiger partial charge in [-0.2, -0.15) is 0 Å². The molecule has 4 heteroatoms. The number of pyridine rings is 1. The van der Waals surface area contributed by atoms with Crippen LogP contribution >= 0.6 is 0 Å². The normalized spacial score (nSPS) is 24.6. The van der Waals surface area contributed by atoms with E-state index in [1.807, 2.05) is 12.3 Å². The summed E-state index contributed by atoms with van der Waals surface area (Å²) in [6, 6.07) is 16.0. The Kier molecular flexibility index (Phi) is 3.47. The zero-order valence-corrected chi connectivity index (χ0v) is 12.7. The smallest absolute Gasteiger partial charge is 0.123 e. The molecule has 2 unspecified atom stereocenters. The summed E-state index contributed by atoms with van der Waals surface area (Å²) < 4.78 is 0. The third-order valence-corrected chi connectivity index (χ3v) is 4.88. The average Bonchev–Trinajstić information content (AvgIpc) is 2.80. The predicted molar refractivity (Wildman–Crippen MR) is 89.7 cm³/mol. The fourth-order valence-corrected chi connectivity index (χ4v) is 3.93. The van der Waals surface area contributed by atoms with E-state index in [1.165, 1.54) is 24.1 Å². The van der Waals surface area contributed by atoms with Gasteiger partial charge in [0.15, 0.2) is 0 Å². The summed E-state index contributed by atoms with van der Waals surface area (Å²) in [5.41, 5.74) is 8.34. The van der Waals surface area contributed by atoms with E-state index in [9.17, 15) is 0 Å². The molecule has 0 radical (unpaired) electrons. The number of benzene rings is 1. The minimum absolute atomic E-state index is 0.596. The molecule has 2 N–H and O–H groups in total. The Morgan fingerprint density at radius 3 is 2.36 bits per heavy atom. The fourth-order valence-electron chi connectivity index (χ4n) is 3.93. The second-order valence-electron chi connectivity index (χ2n) is 6.41. The molecule has 0 spiro atoms. The lowest BCUT2D eigenvalue weighted by molar-refractivity contribution is 0.212. The first kappa shape index (κ1) is 13.6. The molecule has 2 saturated heterocycles. The number of hydrogen-bond donors (Lipinski definition) is 1. The first-order valence-electron chi connectivity index (χ1n) is 8.06. The number of nitrogens with zero attached hydrogens (tertiary/aromatic N) is 3. The van der Waals surface area contributed by atoms with Crippen LogP contribution in [0.25, 0.3) is 0 Å². The van der Waals surface area contributed by atoms with E-state index in [0.29, 0.717) is 17.9 Å². The quantitative estimate of drug-likeness (QED) is 0.945. The maximum atomic E-state index is 5.71. The molecule has 22 heavy (non-hydrogen) atoms. The van der Waals surface area contributed by atoms with E-state index in [-0.39, 0.29) is 0 Å². The van der Waals surface area contributed by atoms with E-state index < -0.39 is 0 Å². The van der Waals surface area contributed by atoms with Crippen molar-refractivity contribution in [1.82, 2.24) is 9.88 Å². The number of nitrogens with two attached hydrogens (primary N) is 1. The molecule has 2 bridgehead atoms. The molecule has 0 aliphatic carbocycles. The molecular formula is C18H22N4. The van der Waals surface area contributed by atoms with Crippen molar-refractivity contribution in [3.8, 4) is 0 Å². The molecule has 0 saturated carbocycles. The van der Waals surface area contributed by atoms with Gasteiger partial charge in [0.25, 0.3) is 0 Å². The Morgan fingerprint density at radius 2 is 1.73 bits per heavy atom. The Hall–Kier alpha value is -2.07. The molecule has 2 aliphatic rings. The Balaban J connectivity index is 1.48. The largest absolute Gasteiger partial charge is 0.384 e. The average molecular weight is 294 g/mol. The Morgan fingerprint density at radius 1 is 1.00 bits per heavy atom. The van der Waals surface area contributed by atoms with Crippen LogP contribution in [0.5, 0.6) is 0 Å². The third kappa shape index (κ3) is 2.55. The van der Waals surface area contributed by atoms with Gasteiger partial charge < -0.3 is 10.6 Å². The van der Waals surface area contributed by atoms with Gasteiger partial charge in [-0.05, 0) is 30.5 Å². The molecule has 2 atom stereocenters. The molecular weight excluding hydrogens is 272 g/mol. The molecule has 2 aliphatic heterocycles. The summed E-state index contributed by atoms with van der Waals surface area (Å²) in [6.07, 6.45) is 4.48. The summed E-state index contributed by atoms with van der Waals surface area (Å²) in [4.78, 5) is 9.42. The standard InChI is InChI=1S/C18H22N4/c19-18-9-8-15(10-20-18)22-16-6-7-17(22)13-21(12-16)11-14-4-2-1-3-5-14/h1-5,8-10,16-17H,6-7,11-13H2,(H2,19,20). The van der Waals surface area contributed by atoms with Crippen molar-refractivity contribution in [2.24, 2.45) is 0 Å². The van der Waals surface area contributed by atoms with E-state index in [0.717, 1.165) is 19.6 Å². The first-order chi connectivity index (χ1) is 10.8. The van der Waals surface area contributed by atoms with Gasteiger partial charge >= 0.3 is 0 Å². The van der Waals surface area contributed by atoms with Crippen LogP contribution in [0.2, 0.25) is 0 Å². The van der Waals surface area contributed by atoms with Gasteiger partial charge in [0.2, 0.25) is 0 Å². The number of rotatable bonds is 3. The van der Waals surface area contributed by atoms with Gasteiger partial charge in [0.05, 0.1) is 11.9 Å². The van der Waals surface area contributed by atoms with Crippen LogP contribution in [-0.2, 0) is 6.54 Å². The highest BCUT2D eigenvalue weighted by atomic mass is 15.3. The molecule has 4 rings (SSSR count). The SMILES string of the molecule is Nc1ccc(N2C3CCC2CN(Cc2ccccc2)C3)cn1. The molecule has 114 valence electrons. The van der Waals surface area contributed by atoms with Gasteiger partial charge in [0, 0.05) is 31.7 Å². The van der Waals surface area contributed by atoms with Crippen molar-refractivity contribution in [3.63, 3.8) is 0 Å². The summed E-state index contributed by atoms with van der Waals surface area (Å²) in [7, 11) is 0. The van der Waals surface area contributed by atoms with Crippen LogP contribution in [0.4, 0.5) is 11.5 Å². The summed E-state index contributed by atoms with van der Waals surface area (Å²) in [5.74, 6) is 0.596. The molecule has 2 aromatic rings. The second kappa shape index (κ2) is 5.61. The van der Waals surface area contributed by atoms with Crippen molar-refractivity contribution >= 4 is 11.5 Å². The van der Waals surface area contributed by atoms with Crippen LogP contribution in [0, 0.1) is 0 Å². The predicted octanol–water partition coefficient (Wildman–Crippen LogP) is 2.52. The molecule has 1 aromatic heterocycles. The lowest BCUT2D eigenvalue weighted by Gasteiger charge is -2.42. The van der Waals surface area contributed by atoms with Crippen molar-refractivity contribution in [3.05, 3.63) is 54.2 Å². The van der Waals surface area contributed by atoms with Crippen molar-refractivity contribution in [1.29, 1.82) is 0 Å². The van der Waals surface area contributed by atoms with Gasteiger partial charge in [-0.1, -0.05) is 30.3 Å². The van der Waals surface area contributed by atoms with Crippen LogP contribution in [-0.4, -0.2) is 35.1 Å². The minimum atomic E-state index is 0.596. The number of hydrogen-bond acceptors (Lipinski definition) is 4. The van der Waals surface area contributed by atoms with Crippen molar-refractivity contribution < 1.29 is 0 Å². The number of fused-ring (bicyclic) bond motifs is 2. The highest BCUT2D eigenvalue weighted by Gasteiger charge is 2.39. The lowest BCUT2D eigenvalue weighted by atomic mass is 10.1. The Labute approximate surface area is 131 Å². The molecule has 0 amide bonds. The number of aromatic nitrogens is 1.